The molecule has 158 valence electrons. The minimum Gasteiger partial charge on any atom is -0.462 e. The average Bonchev–Trinajstić information content (AvgIpc) is 3.39. The van der Waals surface area contributed by atoms with Gasteiger partial charge in [0.1, 0.15) is 15.5 Å². The largest absolute Gasteiger partial charge is 0.462 e. The molecule has 8 nitrogen and oxygen atoms in total. The Labute approximate surface area is 182 Å². The van der Waals surface area contributed by atoms with Crippen LogP contribution in [0.4, 0.5) is 5.82 Å². The molecule has 0 spiro atoms. The Morgan fingerprint density at radius 2 is 2.03 bits per heavy atom. The fourth-order valence-corrected chi connectivity index (χ4v) is 4.74. The summed E-state index contributed by atoms with van der Waals surface area (Å²) < 4.78 is 10.5. The number of carbonyl (C=O) groups is 2. The van der Waals surface area contributed by atoms with Crippen molar-refractivity contribution >= 4 is 50.8 Å². The summed E-state index contributed by atoms with van der Waals surface area (Å²) in [7, 11) is 0. The third kappa shape index (κ3) is 3.87. The van der Waals surface area contributed by atoms with E-state index in [1.165, 1.54) is 17.6 Å². The predicted octanol–water partition coefficient (Wildman–Crippen LogP) is 3.78. The van der Waals surface area contributed by atoms with E-state index in [9.17, 15) is 9.59 Å². The van der Waals surface area contributed by atoms with Gasteiger partial charge >= 0.3 is 5.97 Å². The fraction of sp³-hybridized carbons (Fsp3) is 0.400. The third-order valence-corrected chi connectivity index (χ3v) is 6.30. The molecular formula is C20H21ClN4O4S. The first-order chi connectivity index (χ1) is 14.5. The van der Waals surface area contributed by atoms with Crippen LogP contribution in [0.5, 0.6) is 0 Å². The molecule has 1 aliphatic heterocycles. The molecule has 0 bridgehead atoms. The molecule has 0 radical (unpaired) electrons. The molecule has 1 amide bonds. The number of carbonyl (C=O) groups excluding carboxylic acids is 2. The summed E-state index contributed by atoms with van der Waals surface area (Å²) in [5.74, 6) is 0.532. The zero-order valence-corrected chi connectivity index (χ0v) is 18.3. The fourth-order valence-electron chi connectivity index (χ4n) is 3.45. The van der Waals surface area contributed by atoms with Crippen molar-refractivity contribution in [1.82, 2.24) is 14.9 Å². The van der Waals surface area contributed by atoms with E-state index < -0.39 is 0 Å². The van der Waals surface area contributed by atoms with Crippen LogP contribution in [0.3, 0.4) is 0 Å². The molecule has 0 saturated carbocycles. The number of piperazine rings is 1. The first-order valence-electron chi connectivity index (χ1n) is 9.71. The minimum absolute atomic E-state index is 0.126. The van der Waals surface area contributed by atoms with Gasteiger partial charge in [0, 0.05) is 26.2 Å². The van der Waals surface area contributed by atoms with Crippen molar-refractivity contribution in [3.63, 3.8) is 0 Å². The first kappa shape index (κ1) is 20.6. The molecule has 0 atom stereocenters. The molecule has 0 N–H and O–H groups in total. The molecule has 30 heavy (non-hydrogen) atoms. The van der Waals surface area contributed by atoms with Crippen molar-refractivity contribution in [1.29, 1.82) is 0 Å². The number of rotatable bonds is 5. The Kier molecular flexibility index (Phi) is 5.92. The van der Waals surface area contributed by atoms with Crippen molar-refractivity contribution in [3.8, 4) is 0 Å². The number of fused-ring (bicyclic) bond motifs is 1. The Bertz CT molecular complexity index is 1070. The molecule has 3 aromatic heterocycles. The van der Waals surface area contributed by atoms with Crippen molar-refractivity contribution in [3.05, 3.63) is 39.9 Å². The highest BCUT2D eigenvalue weighted by Crippen LogP contribution is 2.37. The lowest BCUT2D eigenvalue weighted by Gasteiger charge is -2.35. The van der Waals surface area contributed by atoms with Crippen molar-refractivity contribution in [2.75, 3.05) is 37.7 Å². The number of esters is 1. The van der Waals surface area contributed by atoms with Crippen LogP contribution in [0.25, 0.3) is 10.2 Å². The van der Waals surface area contributed by atoms with Gasteiger partial charge in [-0.1, -0.05) is 6.92 Å². The number of aromatic nitrogens is 2. The highest BCUT2D eigenvalue weighted by Gasteiger charge is 2.28. The summed E-state index contributed by atoms with van der Waals surface area (Å²) in [5.41, 5.74) is 0.789. The normalized spacial score (nSPS) is 14.4. The van der Waals surface area contributed by atoms with Crippen LogP contribution >= 0.6 is 22.9 Å². The number of halogens is 1. The van der Waals surface area contributed by atoms with Gasteiger partial charge in [0.15, 0.2) is 5.76 Å². The zero-order valence-electron chi connectivity index (χ0n) is 16.7. The number of hydrogen-bond donors (Lipinski definition) is 0. The summed E-state index contributed by atoms with van der Waals surface area (Å²) in [5, 5.41) is 0.931. The molecule has 4 heterocycles. The predicted molar refractivity (Wildman–Crippen MR) is 115 cm³/mol. The summed E-state index contributed by atoms with van der Waals surface area (Å²) in [6.45, 7) is 6.41. The Morgan fingerprint density at radius 3 is 2.70 bits per heavy atom. The van der Waals surface area contributed by atoms with E-state index in [-0.39, 0.29) is 17.2 Å². The van der Waals surface area contributed by atoms with Gasteiger partial charge in [-0.15, -0.1) is 11.3 Å². The second kappa shape index (κ2) is 8.61. The molecule has 10 heteroatoms. The quantitative estimate of drug-likeness (QED) is 0.433. The topological polar surface area (TPSA) is 88.8 Å². The number of hydrogen-bond acceptors (Lipinski definition) is 8. The molecule has 0 unspecified atom stereocenters. The highest BCUT2D eigenvalue weighted by molar-refractivity contribution is 7.20. The maximum atomic E-state index is 12.5. The van der Waals surface area contributed by atoms with Crippen LogP contribution in [-0.2, 0) is 4.74 Å². The van der Waals surface area contributed by atoms with Gasteiger partial charge in [0.2, 0.25) is 5.28 Å². The summed E-state index contributed by atoms with van der Waals surface area (Å²) in [6, 6.07) is 3.36. The number of amides is 1. The van der Waals surface area contributed by atoms with Gasteiger partial charge < -0.3 is 19.0 Å². The number of nitrogens with zero attached hydrogens (tertiary/aromatic N) is 4. The van der Waals surface area contributed by atoms with Crippen LogP contribution in [0.15, 0.2) is 22.8 Å². The molecular weight excluding hydrogens is 428 g/mol. The van der Waals surface area contributed by atoms with Crippen molar-refractivity contribution < 1.29 is 18.7 Å². The van der Waals surface area contributed by atoms with E-state index >= 15 is 0 Å². The zero-order chi connectivity index (χ0) is 21.3. The third-order valence-electron chi connectivity index (χ3n) is 4.96. The van der Waals surface area contributed by atoms with Gasteiger partial charge in [-0.3, -0.25) is 4.79 Å². The van der Waals surface area contributed by atoms with E-state index in [1.54, 1.807) is 17.0 Å². The monoisotopic (exact) mass is 448 g/mol. The highest BCUT2D eigenvalue weighted by atomic mass is 35.5. The molecule has 1 saturated heterocycles. The van der Waals surface area contributed by atoms with E-state index in [1.807, 2.05) is 13.8 Å². The maximum absolute atomic E-state index is 12.5. The van der Waals surface area contributed by atoms with Crippen molar-refractivity contribution in [2.24, 2.45) is 0 Å². The van der Waals surface area contributed by atoms with Crippen LogP contribution in [-0.4, -0.2) is 59.5 Å². The summed E-state index contributed by atoms with van der Waals surface area (Å²) >= 11 is 7.44. The number of thiophene rings is 1. The van der Waals surface area contributed by atoms with Crippen LogP contribution in [0.2, 0.25) is 5.28 Å². The molecule has 0 aliphatic carbocycles. The van der Waals surface area contributed by atoms with E-state index in [4.69, 9.17) is 20.8 Å². The number of furan rings is 1. The number of aryl methyl sites for hydroxylation is 1. The average molecular weight is 449 g/mol. The lowest BCUT2D eigenvalue weighted by Crippen LogP contribution is -2.49. The first-order valence-corrected chi connectivity index (χ1v) is 10.9. The lowest BCUT2D eigenvalue weighted by molar-refractivity contribution is 0.0510. The summed E-state index contributed by atoms with van der Waals surface area (Å²) in [6.07, 6.45) is 2.25. The van der Waals surface area contributed by atoms with E-state index in [0.717, 1.165) is 17.4 Å². The van der Waals surface area contributed by atoms with Crippen molar-refractivity contribution in [2.45, 2.75) is 20.3 Å². The van der Waals surface area contributed by atoms with Crippen LogP contribution < -0.4 is 4.90 Å². The van der Waals surface area contributed by atoms with Gasteiger partial charge in [-0.25, -0.2) is 9.78 Å². The maximum Gasteiger partial charge on any atom is 0.348 e. The van der Waals surface area contributed by atoms with Gasteiger partial charge in [-0.05, 0) is 42.6 Å². The number of anilines is 1. The number of ether oxygens (including phenoxy) is 1. The Morgan fingerprint density at radius 1 is 1.27 bits per heavy atom. The summed E-state index contributed by atoms with van der Waals surface area (Å²) in [4.78, 5) is 38.7. The van der Waals surface area contributed by atoms with Gasteiger partial charge in [-0.2, -0.15) is 4.98 Å². The molecule has 3 aromatic rings. The standard InChI is InChI=1S/C20H21ClN4O4S/c1-3-10-29-19(27)15-12(2)14-16(22-20(21)23-17(14)30-15)24-6-8-25(9-7-24)18(26)13-5-4-11-28-13/h4-5,11H,3,6-10H2,1-2H3. The Hall–Kier alpha value is -2.65. The van der Waals surface area contributed by atoms with Gasteiger partial charge in [0.05, 0.1) is 18.3 Å². The second-order valence-corrected chi connectivity index (χ2v) is 8.28. The SMILES string of the molecule is CCCOC(=O)c1sc2nc(Cl)nc(N3CCN(C(=O)c4ccco4)CC3)c2c1C. The molecule has 4 rings (SSSR count). The second-order valence-electron chi connectivity index (χ2n) is 6.95. The van der Waals surface area contributed by atoms with Crippen LogP contribution in [0, 0.1) is 6.92 Å². The molecule has 0 aromatic carbocycles. The van der Waals surface area contributed by atoms with Crippen LogP contribution in [0.1, 0.15) is 39.1 Å². The molecule has 1 aliphatic rings. The van der Waals surface area contributed by atoms with Gasteiger partial charge in [0.25, 0.3) is 5.91 Å². The van der Waals surface area contributed by atoms with E-state index in [2.05, 4.69) is 14.9 Å². The van der Waals surface area contributed by atoms with E-state index in [0.29, 0.717) is 54.1 Å². The Balaban J connectivity index is 1.59. The lowest BCUT2D eigenvalue weighted by atomic mass is 10.2. The molecule has 1 fully saturated rings. The minimum atomic E-state index is -0.353. The smallest absolute Gasteiger partial charge is 0.348 e.